The summed E-state index contributed by atoms with van der Waals surface area (Å²) in [5, 5.41) is 6.77. The van der Waals surface area contributed by atoms with Gasteiger partial charge in [0.1, 0.15) is 0 Å². The first-order valence-electron chi connectivity index (χ1n) is 5.13. The van der Waals surface area contributed by atoms with Crippen LogP contribution in [0.3, 0.4) is 0 Å². The molecule has 0 aliphatic carbocycles. The second-order valence-electron chi connectivity index (χ2n) is 3.54. The van der Waals surface area contributed by atoms with Gasteiger partial charge in [0.25, 0.3) is 0 Å². The van der Waals surface area contributed by atoms with E-state index in [0.29, 0.717) is 6.04 Å². The van der Waals surface area contributed by atoms with Gasteiger partial charge in [-0.1, -0.05) is 0 Å². The minimum Gasteiger partial charge on any atom is -0.384 e. The predicted molar refractivity (Wildman–Crippen MR) is 56.5 cm³/mol. The fourth-order valence-corrected chi connectivity index (χ4v) is 1.63. The van der Waals surface area contributed by atoms with E-state index in [9.17, 15) is 0 Å². The van der Waals surface area contributed by atoms with Gasteiger partial charge in [-0.25, -0.2) is 0 Å². The molecule has 1 aliphatic heterocycles. The monoisotopic (exact) mass is 195 g/mol. The number of nitrogens with one attached hydrogen (secondary N) is 3. The first kappa shape index (κ1) is 9.55. The summed E-state index contributed by atoms with van der Waals surface area (Å²) in [4.78, 5) is 3.02. The maximum absolute atomic E-state index is 5.37. The van der Waals surface area contributed by atoms with Crippen LogP contribution in [0.25, 0.3) is 0 Å². The van der Waals surface area contributed by atoms with Crippen molar-refractivity contribution < 1.29 is 4.74 Å². The summed E-state index contributed by atoms with van der Waals surface area (Å²) in [6.45, 7) is 3.66. The van der Waals surface area contributed by atoms with E-state index in [1.54, 1.807) is 0 Å². The third-order valence-electron chi connectivity index (χ3n) is 2.42. The Morgan fingerprint density at radius 3 is 3.29 bits per heavy atom. The van der Waals surface area contributed by atoms with Crippen LogP contribution in [-0.4, -0.2) is 37.3 Å². The number of aromatic nitrogens is 1. The number of morpholine rings is 1. The highest BCUT2D eigenvalue weighted by Crippen LogP contribution is 2.04. The van der Waals surface area contributed by atoms with E-state index in [4.69, 9.17) is 4.74 Å². The molecule has 14 heavy (non-hydrogen) atoms. The van der Waals surface area contributed by atoms with Crippen molar-refractivity contribution in [1.82, 2.24) is 10.3 Å². The molecule has 4 heteroatoms. The molecule has 0 aromatic carbocycles. The molecule has 1 aliphatic rings. The fourth-order valence-electron chi connectivity index (χ4n) is 1.63. The van der Waals surface area contributed by atoms with Gasteiger partial charge in [-0.15, -0.1) is 0 Å². The van der Waals surface area contributed by atoms with Gasteiger partial charge in [0.15, 0.2) is 0 Å². The first-order chi connectivity index (χ1) is 6.95. The molecule has 1 aromatic heterocycles. The molecule has 1 aromatic rings. The number of H-pyrrole nitrogens is 1. The van der Waals surface area contributed by atoms with Gasteiger partial charge in [-0.05, 0) is 12.5 Å². The number of rotatable bonds is 4. The Morgan fingerprint density at radius 1 is 1.57 bits per heavy atom. The van der Waals surface area contributed by atoms with Gasteiger partial charge in [0.05, 0.1) is 18.9 Å². The van der Waals surface area contributed by atoms with E-state index in [-0.39, 0.29) is 0 Å². The molecule has 1 atom stereocenters. The Hall–Kier alpha value is -1.00. The van der Waals surface area contributed by atoms with E-state index in [1.807, 2.05) is 18.5 Å². The summed E-state index contributed by atoms with van der Waals surface area (Å²) in [6.07, 6.45) is 4.99. The lowest BCUT2D eigenvalue weighted by Gasteiger charge is -2.23. The molecule has 0 saturated carbocycles. The van der Waals surface area contributed by atoms with Crippen LogP contribution in [0.4, 0.5) is 5.69 Å². The normalized spacial score (nSPS) is 22.1. The Morgan fingerprint density at radius 2 is 2.57 bits per heavy atom. The Balaban J connectivity index is 1.62. The van der Waals surface area contributed by atoms with Crippen LogP contribution in [0.1, 0.15) is 6.42 Å². The van der Waals surface area contributed by atoms with Gasteiger partial charge in [0, 0.05) is 31.5 Å². The highest BCUT2D eigenvalue weighted by Gasteiger charge is 2.11. The highest BCUT2D eigenvalue weighted by molar-refractivity contribution is 5.39. The largest absolute Gasteiger partial charge is 0.384 e. The van der Waals surface area contributed by atoms with Crippen LogP contribution in [0.5, 0.6) is 0 Å². The molecule has 0 radical (unpaired) electrons. The third kappa shape index (κ3) is 2.75. The summed E-state index contributed by atoms with van der Waals surface area (Å²) in [7, 11) is 0. The van der Waals surface area contributed by atoms with Gasteiger partial charge < -0.3 is 20.4 Å². The minimum absolute atomic E-state index is 0.509. The van der Waals surface area contributed by atoms with Crippen LogP contribution in [-0.2, 0) is 4.74 Å². The molecule has 2 heterocycles. The molecular formula is C10H17N3O. The summed E-state index contributed by atoms with van der Waals surface area (Å²) >= 11 is 0. The van der Waals surface area contributed by atoms with Crippen molar-refractivity contribution in [3.05, 3.63) is 18.5 Å². The van der Waals surface area contributed by atoms with E-state index < -0.39 is 0 Å². The van der Waals surface area contributed by atoms with E-state index in [0.717, 1.165) is 38.4 Å². The first-order valence-corrected chi connectivity index (χ1v) is 5.13. The zero-order valence-corrected chi connectivity index (χ0v) is 8.25. The zero-order chi connectivity index (χ0) is 9.64. The van der Waals surface area contributed by atoms with Crippen LogP contribution in [0.2, 0.25) is 0 Å². The maximum atomic E-state index is 5.37. The number of aromatic amines is 1. The Bertz CT molecular complexity index is 242. The van der Waals surface area contributed by atoms with Crippen molar-refractivity contribution in [2.24, 2.45) is 0 Å². The van der Waals surface area contributed by atoms with E-state index in [2.05, 4.69) is 15.6 Å². The van der Waals surface area contributed by atoms with Gasteiger partial charge >= 0.3 is 0 Å². The molecule has 0 bridgehead atoms. The van der Waals surface area contributed by atoms with Crippen molar-refractivity contribution in [1.29, 1.82) is 0 Å². The van der Waals surface area contributed by atoms with Crippen LogP contribution in [0, 0.1) is 0 Å². The lowest BCUT2D eigenvalue weighted by Crippen LogP contribution is -2.42. The molecule has 78 valence electrons. The van der Waals surface area contributed by atoms with Crippen molar-refractivity contribution in [3.63, 3.8) is 0 Å². The summed E-state index contributed by atoms with van der Waals surface area (Å²) in [5.41, 5.74) is 1.15. The SMILES string of the molecule is c1cc(NCCC2COCCN2)c[nH]1. The molecule has 1 saturated heterocycles. The molecule has 0 spiro atoms. The number of anilines is 1. The smallest absolute Gasteiger partial charge is 0.0620 e. The maximum Gasteiger partial charge on any atom is 0.0620 e. The highest BCUT2D eigenvalue weighted by atomic mass is 16.5. The Labute approximate surface area is 84.0 Å². The van der Waals surface area contributed by atoms with Crippen LogP contribution >= 0.6 is 0 Å². The van der Waals surface area contributed by atoms with Gasteiger partial charge in [0.2, 0.25) is 0 Å². The molecule has 3 N–H and O–H groups in total. The summed E-state index contributed by atoms with van der Waals surface area (Å²) < 4.78 is 5.37. The topological polar surface area (TPSA) is 49.1 Å². The lowest BCUT2D eigenvalue weighted by atomic mass is 10.2. The zero-order valence-electron chi connectivity index (χ0n) is 8.25. The molecule has 1 unspecified atom stereocenters. The van der Waals surface area contributed by atoms with E-state index in [1.165, 1.54) is 0 Å². The van der Waals surface area contributed by atoms with Crippen LogP contribution in [0.15, 0.2) is 18.5 Å². The molecule has 4 nitrogen and oxygen atoms in total. The van der Waals surface area contributed by atoms with Crippen molar-refractivity contribution >= 4 is 5.69 Å². The molecule has 2 rings (SSSR count). The fraction of sp³-hybridized carbons (Fsp3) is 0.600. The second kappa shape index (κ2) is 5.02. The quantitative estimate of drug-likeness (QED) is 0.666. The Kier molecular flexibility index (Phi) is 3.43. The summed E-state index contributed by atoms with van der Waals surface area (Å²) in [5.74, 6) is 0. The average molecular weight is 195 g/mol. The molecular weight excluding hydrogens is 178 g/mol. The third-order valence-corrected chi connectivity index (χ3v) is 2.42. The number of hydrogen-bond acceptors (Lipinski definition) is 3. The van der Waals surface area contributed by atoms with E-state index >= 15 is 0 Å². The van der Waals surface area contributed by atoms with Crippen LogP contribution < -0.4 is 10.6 Å². The van der Waals surface area contributed by atoms with Gasteiger partial charge in [-0.2, -0.15) is 0 Å². The average Bonchev–Trinajstić information content (AvgIpc) is 2.72. The lowest BCUT2D eigenvalue weighted by molar-refractivity contribution is 0.0753. The number of ether oxygens (including phenoxy) is 1. The van der Waals surface area contributed by atoms with Crippen molar-refractivity contribution in [2.75, 3.05) is 31.6 Å². The standard InChI is InChI=1S/C10H17N3O/c1-3-11-7-9(1)12-4-2-10-8-14-6-5-13-10/h1,3,7,10-13H,2,4-6,8H2. The number of hydrogen-bond donors (Lipinski definition) is 3. The van der Waals surface area contributed by atoms with Crippen molar-refractivity contribution in [2.45, 2.75) is 12.5 Å². The molecule has 1 fully saturated rings. The molecule has 0 amide bonds. The second-order valence-corrected chi connectivity index (χ2v) is 3.54. The minimum atomic E-state index is 0.509. The summed E-state index contributed by atoms with van der Waals surface area (Å²) in [6, 6.07) is 2.54. The van der Waals surface area contributed by atoms with Crippen molar-refractivity contribution in [3.8, 4) is 0 Å². The predicted octanol–water partition coefficient (Wildman–Crippen LogP) is 0.805. The van der Waals surface area contributed by atoms with Gasteiger partial charge in [-0.3, -0.25) is 0 Å².